The van der Waals surface area contributed by atoms with Gasteiger partial charge in [0.2, 0.25) is 0 Å². The van der Waals surface area contributed by atoms with Crippen molar-refractivity contribution < 1.29 is 4.74 Å². The Morgan fingerprint density at radius 1 is 1.10 bits per heavy atom. The maximum absolute atomic E-state index is 6.12. The van der Waals surface area contributed by atoms with Crippen LogP contribution in [0.25, 0.3) is 10.8 Å². The molecular weight excluding hydrogens is 258 g/mol. The Hall–Kier alpha value is -1.54. The predicted molar refractivity (Wildman–Crippen MR) is 90.9 cm³/mol. The lowest BCUT2D eigenvalue weighted by molar-refractivity contribution is 0.249. The van der Waals surface area contributed by atoms with E-state index in [0.717, 1.165) is 25.4 Å². The largest absolute Gasteiger partial charge is 0.493 e. The Kier molecular flexibility index (Phi) is 6.06. The number of hydrogen-bond acceptors (Lipinski definition) is 2. The van der Waals surface area contributed by atoms with E-state index in [1.54, 1.807) is 0 Å². The molecule has 0 amide bonds. The number of nitrogens with one attached hydrogen (secondary N) is 1. The first kappa shape index (κ1) is 15.8. The smallest absolute Gasteiger partial charge is 0.124 e. The fraction of sp³-hybridized carbons (Fsp3) is 0.474. The average molecular weight is 285 g/mol. The summed E-state index contributed by atoms with van der Waals surface area (Å²) in [4.78, 5) is 0. The van der Waals surface area contributed by atoms with Crippen molar-refractivity contribution in [3.8, 4) is 5.75 Å². The second-order valence-electron chi connectivity index (χ2n) is 5.75. The zero-order chi connectivity index (χ0) is 15.1. The van der Waals surface area contributed by atoms with Crippen molar-refractivity contribution in [2.24, 2.45) is 5.92 Å². The Labute approximate surface area is 128 Å². The van der Waals surface area contributed by atoms with Gasteiger partial charge in [-0.1, -0.05) is 57.5 Å². The van der Waals surface area contributed by atoms with Gasteiger partial charge in [-0.15, -0.1) is 0 Å². The van der Waals surface area contributed by atoms with Gasteiger partial charge in [-0.25, -0.2) is 0 Å². The first-order valence-electron chi connectivity index (χ1n) is 8.10. The van der Waals surface area contributed by atoms with Crippen LogP contribution in [0.1, 0.15) is 39.2 Å². The number of fused-ring (bicyclic) bond motifs is 1. The van der Waals surface area contributed by atoms with Gasteiger partial charge in [-0.05, 0) is 35.7 Å². The summed E-state index contributed by atoms with van der Waals surface area (Å²) in [6, 6.07) is 12.8. The van der Waals surface area contributed by atoms with Gasteiger partial charge in [0.15, 0.2) is 0 Å². The van der Waals surface area contributed by atoms with Crippen LogP contribution in [0.5, 0.6) is 5.75 Å². The molecule has 0 aliphatic rings. The van der Waals surface area contributed by atoms with E-state index in [1.165, 1.54) is 29.2 Å². The van der Waals surface area contributed by atoms with Crippen LogP contribution < -0.4 is 10.1 Å². The maximum atomic E-state index is 6.12. The zero-order valence-corrected chi connectivity index (χ0v) is 13.5. The first-order valence-corrected chi connectivity index (χ1v) is 8.10. The molecule has 0 radical (unpaired) electrons. The molecule has 0 bridgehead atoms. The molecule has 0 fully saturated rings. The third-order valence-electron chi connectivity index (χ3n) is 3.85. The van der Waals surface area contributed by atoms with Crippen LogP contribution in [0.15, 0.2) is 36.4 Å². The summed E-state index contributed by atoms with van der Waals surface area (Å²) in [7, 11) is 0. The Morgan fingerprint density at radius 2 is 1.90 bits per heavy atom. The summed E-state index contributed by atoms with van der Waals surface area (Å²) in [5, 5.41) is 6.00. The van der Waals surface area contributed by atoms with Crippen LogP contribution in [-0.2, 0) is 6.54 Å². The highest BCUT2D eigenvalue weighted by atomic mass is 16.5. The molecule has 0 spiro atoms. The van der Waals surface area contributed by atoms with Crippen LogP contribution in [0.3, 0.4) is 0 Å². The number of benzene rings is 2. The SMILES string of the molecule is CCCC(C)COc1ccc2ccccc2c1CNCC. The normalized spacial score (nSPS) is 12.5. The lowest BCUT2D eigenvalue weighted by Crippen LogP contribution is -2.15. The molecule has 1 N–H and O–H groups in total. The van der Waals surface area contributed by atoms with E-state index in [0.29, 0.717) is 5.92 Å². The lowest BCUT2D eigenvalue weighted by atomic mass is 10.0. The van der Waals surface area contributed by atoms with Gasteiger partial charge in [0.1, 0.15) is 5.75 Å². The minimum atomic E-state index is 0.605. The van der Waals surface area contributed by atoms with E-state index in [9.17, 15) is 0 Å². The molecular formula is C19H27NO. The molecule has 0 aromatic heterocycles. The summed E-state index contributed by atoms with van der Waals surface area (Å²) in [5.74, 6) is 1.63. The topological polar surface area (TPSA) is 21.3 Å². The molecule has 21 heavy (non-hydrogen) atoms. The maximum Gasteiger partial charge on any atom is 0.124 e. The van der Waals surface area contributed by atoms with Gasteiger partial charge in [-0.3, -0.25) is 0 Å². The van der Waals surface area contributed by atoms with E-state index >= 15 is 0 Å². The van der Waals surface area contributed by atoms with Crippen LogP contribution in [-0.4, -0.2) is 13.2 Å². The molecule has 0 aliphatic heterocycles. The zero-order valence-electron chi connectivity index (χ0n) is 13.5. The third-order valence-corrected chi connectivity index (χ3v) is 3.85. The minimum absolute atomic E-state index is 0.605. The standard InChI is InChI=1S/C19H27NO/c1-4-8-15(3)14-21-19-12-11-16-9-6-7-10-17(16)18(19)13-20-5-2/h6-7,9-12,15,20H,4-5,8,13-14H2,1-3H3. The molecule has 0 aliphatic carbocycles. The monoisotopic (exact) mass is 285 g/mol. The fourth-order valence-electron chi connectivity index (χ4n) is 2.69. The molecule has 2 aromatic carbocycles. The Balaban J connectivity index is 2.24. The molecule has 1 atom stereocenters. The third kappa shape index (κ3) is 4.21. The van der Waals surface area contributed by atoms with Crippen LogP contribution in [0.4, 0.5) is 0 Å². The van der Waals surface area contributed by atoms with Gasteiger partial charge in [0.25, 0.3) is 0 Å². The molecule has 1 unspecified atom stereocenters. The van der Waals surface area contributed by atoms with Gasteiger partial charge in [-0.2, -0.15) is 0 Å². The van der Waals surface area contributed by atoms with E-state index in [4.69, 9.17) is 4.74 Å². The molecule has 2 heteroatoms. The van der Waals surface area contributed by atoms with Crippen molar-refractivity contribution in [1.29, 1.82) is 0 Å². The van der Waals surface area contributed by atoms with Crippen LogP contribution >= 0.6 is 0 Å². The second kappa shape index (κ2) is 8.04. The molecule has 114 valence electrons. The highest BCUT2D eigenvalue weighted by Crippen LogP contribution is 2.28. The number of ether oxygens (including phenoxy) is 1. The van der Waals surface area contributed by atoms with Crippen molar-refractivity contribution in [2.75, 3.05) is 13.2 Å². The van der Waals surface area contributed by atoms with Crippen molar-refractivity contribution in [1.82, 2.24) is 5.32 Å². The molecule has 2 rings (SSSR count). The highest BCUT2D eigenvalue weighted by molar-refractivity contribution is 5.87. The predicted octanol–water partition coefficient (Wildman–Crippen LogP) is 4.76. The summed E-state index contributed by atoms with van der Waals surface area (Å²) < 4.78 is 6.12. The van der Waals surface area contributed by atoms with E-state index in [-0.39, 0.29) is 0 Å². The van der Waals surface area contributed by atoms with Gasteiger partial charge in [0.05, 0.1) is 6.61 Å². The van der Waals surface area contributed by atoms with Crippen molar-refractivity contribution in [2.45, 2.75) is 40.2 Å². The summed E-state index contributed by atoms with van der Waals surface area (Å²) in [6.07, 6.45) is 2.43. The fourth-order valence-corrected chi connectivity index (χ4v) is 2.69. The summed E-state index contributed by atoms with van der Waals surface area (Å²) in [5.41, 5.74) is 1.28. The molecule has 2 aromatic rings. The van der Waals surface area contributed by atoms with Gasteiger partial charge in [0, 0.05) is 12.1 Å². The Morgan fingerprint density at radius 3 is 2.67 bits per heavy atom. The first-order chi connectivity index (χ1) is 10.3. The van der Waals surface area contributed by atoms with E-state index < -0.39 is 0 Å². The summed E-state index contributed by atoms with van der Waals surface area (Å²) in [6.45, 7) is 9.24. The lowest BCUT2D eigenvalue weighted by Gasteiger charge is -2.17. The van der Waals surface area contributed by atoms with Crippen molar-refractivity contribution in [3.05, 3.63) is 42.0 Å². The van der Waals surface area contributed by atoms with Gasteiger partial charge >= 0.3 is 0 Å². The molecule has 0 heterocycles. The van der Waals surface area contributed by atoms with Crippen molar-refractivity contribution >= 4 is 10.8 Å². The van der Waals surface area contributed by atoms with Crippen LogP contribution in [0.2, 0.25) is 0 Å². The quantitative estimate of drug-likeness (QED) is 0.754. The van der Waals surface area contributed by atoms with Crippen LogP contribution in [0, 0.1) is 5.92 Å². The number of hydrogen-bond donors (Lipinski definition) is 1. The number of rotatable bonds is 8. The highest BCUT2D eigenvalue weighted by Gasteiger charge is 2.10. The van der Waals surface area contributed by atoms with E-state index in [2.05, 4.69) is 62.5 Å². The van der Waals surface area contributed by atoms with Crippen molar-refractivity contribution in [3.63, 3.8) is 0 Å². The van der Waals surface area contributed by atoms with Gasteiger partial charge < -0.3 is 10.1 Å². The average Bonchev–Trinajstić information content (AvgIpc) is 2.51. The molecule has 2 nitrogen and oxygen atoms in total. The minimum Gasteiger partial charge on any atom is -0.493 e. The molecule has 0 saturated carbocycles. The summed E-state index contributed by atoms with van der Waals surface area (Å²) >= 11 is 0. The Bertz CT molecular complexity index is 564. The molecule has 0 saturated heterocycles. The van der Waals surface area contributed by atoms with E-state index in [1.807, 2.05) is 0 Å². The second-order valence-corrected chi connectivity index (χ2v) is 5.75.